The van der Waals surface area contributed by atoms with Crippen LogP contribution in [0.1, 0.15) is 24.5 Å². The van der Waals surface area contributed by atoms with Gasteiger partial charge in [0.25, 0.3) is 0 Å². The molecule has 7 nitrogen and oxygen atoms in total. The monoisotopic (exact) mass is 392 g/mol. The van der Waals surface area contributed by atoms with Gasteiger partial charge in [0.05, 0.1) is 21.6 Å². The Hall–Kier alpha value is -3.32. The molecule has 4 aromatic rings. The van der Waals surface area contributed by atoms with Crippen molar-refractivity contribution in [1.29, 1.82) is 0 Å². The van der Waals surface area contributed by atoms with Gasteiger partial charge in [0.15, 0.2) is 0 Å². The Morgan fingerprint density at radius 2 is 1.96 bits per heavy atom. The van der Waals surface area contributed by atoms with E-state index in [4.69, 9.17) is 22.1 Å². The first-order chi connectivity index (χ1) is 13.5. The summed E-state index contributed by atoms with van der Waals surface area (Å²) in [4.78, 5) is 21.3. The van der Waals surface area contributed by atoms with Gasteiger partial charge in [0.1, 0.15) is 29.8 Å². The smallest absolute Gasteiger partial charge is 0.138 e. The fourth-order valence-electron chi connectivity index (χ4n) is 3.01. The number of pyridine rings is 1. The van der Waals surface area contributed by atoms with Crippen LogP contribution in [0.3, 0.4) is 0 Å². The van der Waals surface area contributed by atoms with Crippen molar-refractivity contribution >= 4 is 28.3 Å². The Bertz CT molecular complexity index is 1170. The van der Waals surface area contributed by atoms with E-state index in [2.05, 4.69) is 24.9 Å². The second kappa shape index (κ2) is 7.36. The Labute approximate surface area is 166 Å². The fraction of sp³-hybridized carbons (Fsp3) is 0.150. The van der Waals surface area contributed by atoms with Crippen LogP contribution in [0.4, 0.5) is 5.82 Å². The molecule has 0 fully saturated rings. The van der Waals surface area contributed by atoms with Crippen molar-refractivity contribution < 1.29 is 4.74 Å². The average Bonchev–Trinajstić information content (AvgIpc) is 2.68. The van der Waals surface area contributed by atoms with Crippen LogP contribution in [-0.2, 0) is 0 Å². The number of aryl methyl sites for hydroxylation is 1. The summed E-state index contributed by atoms with van der Waals surface area (Å²) in [7, 11) is 0. The minimum absolute atomic E-state index is 0.303. The number of rotatable bonds is 4. The number of fused-ring (bicyclic) bond motifs is 1. The highest BCUT2D eigenvalue weighted by Gasteiger charge is 2.17. The first-order valence-corrected chi connectivity index (χ1v) is 9.01. The van der Waals surface area contributed by atoms with Crippen LogP contribution in [0.5, 0.6) is 5.75 Å². The summed E-state index contributed by atoms with van der Waals surface area (Å²) < 4.78 is 6.17. The van der Waals surface area contributed by atoms with Gasteiger partial charge in [-0.2, -0.15) is 0 Å². The first-order valence-electron chi connectivity index (χ1n) is 8.63. The predicted molar refractivity (Wildman–Crippen MR) is 108 cm³/mol. The molecule has 8 heteroatoms. The van der Waals surface area contributed by atoms with Crippen molar-refractivity contribution in [3.8, 4) is 16.9 Å². The van der Waals surface area contributed by atoms with Gasteiger partial charge in [-0.1, -0.05) is 11.6 Å². The molecule has 0 spiro atoms. The molecule has 2 N–H and O–H groups in total. The molecule has 0 aliphatic heterocycles. The molecule has 0 aliphatic rings. The topological polar surface area (TPSA) is 99.7 Å². The van der Waals surface area contributed by atoms with E-state index < -0.39 is 0 Å². The van der Waals surface area contributed by atoms with Crippen molar-refractivity contribution in [3.05, 3.63) is 65.7 Å². The van der Waals surface area contributed by atoms with Gasteiger partial charge in [0, 0.05) is 29.7 Å². The van der Waals surface area contributed by atoms with E-state index >= 15 is 0 Å². The molecule has 3 aromatic heterocycles. The normalized spacial score (nSPS) is 12.1. The fourth-order valence-corrected chi connectivity index (χ4v) is 3.18. The third-order valence-corrected chi connectivity index (χ3v) is 4.52. The largest absolute Gasteiger partial charge is 0.484 e. The Morgan fingerprint density at radius 1 is 1.11 bits per heavy atom. The van der Waals surface area contributed by atoms with E-state index in [0.717, 1.165) is 16.8 Å². The molecule has 0 radical (unpaired) electrons. The third kappa shape index (κ3) is 3.44. The number of aromatic nitrogens is 5. The van der Waals surface area contributed by atoms with Crippen molar-refractivity contribution in [2.45, 2.75) is 20.0 Å². The van der Waals surface area contributed by atoms with E-state index in [9.17, 15) is 0 Å². The molecule has 3 heterocycles. The molecule has 4 rings (SSSR count). The van der Waals surface area contributed by atoms with Crippen LogP contribution in [0.25, 0.3) is 22.0 Å². The zero-order chi connectivity index (χ0) is 19.7. The van der Waals surface area contributed by atoms with Gasteiger partial charge in [0.2, 0.25) is 0 Å². The summed E-state index contributed by atoms with van der Waals surface area (Å²) in [6, 6.07) is 7.42. The molecular formula is C20H17ClN6O. The van der Waals surface area contributed by atoms with Gasteiger partial charge in [-0.05, 0) is 38.1 Å². The van der Waals surface area contributed by atoms with Crippen molar-refractivity contribution in [2.24, 2.45) is 0 Å². The van der Waals surface area contributed by atoms with Gasteiger partial charge in [-0.15, -0.1) is 0 Å². The number of nitrogens with two attached hydrogens (primary N) is 1. The van der Waals surface area contributed by atoms with Crippen LogP contribution in [0.15, 0.2) is 49.2 Å². The van der Waals surface area contributed by atoms with Gasteiger partial charge < -0.3 is 10.5 Å². The summed E-state index contributed by atoms with van der Waals surface area (Å²) in [5.74, 6) is 1.60. The summed E-state index contributed by atoms with van der Waals surface area (Å²) in [6.45, 7) is 3.76. The third-order valence-electron chi connectivity index (χ3n) is 4.31. The lowest BCUT2D eigenvalue weighted by atomic mass is 10.0. The lowest BCUT2D eigenvalue weighted by Gasteiger charge is -2.17. The Balaban J connectivity index is 1.81. The van der Waals surface area contributed by atoms with E-state index in [-0.39, 0.29) is 6.10 Å². The highest BCUT2D eigenvalue weighted by molar-refractivity contribution is 6.30. The molecule has 0 saturated carbocycles. The average molecular weight is 393 g/mol. The molecular weight excluding hydrogens is 376 g/mol. The van der Waals surface area contributed by atoms with Gasteiger partial charge in [-0.25, -0.2) is 19.9 Å². The van der Waals surface area contributed by atoms with Crippen molar-refractivity contribution in [2.75, 3.05) is 5.73 Å². The zero-order valence-corrected chi connectivity index (χ0v) is 16.1. The Kier molecular flexibility index (Phi) is 4.75. The second-order valence-corrected chi connectivity index (χ2v) is 6.71. The summed E-state index contributed by atoms with van der Waals surface area (Å²) in [6.07, 6.45) is 6.15. The first kappa shape index (κ1) is 18.1. The summed E-state index contributed by atoms with van der Waals surface area (Å²) in [5, 5.41) is 1.18. The highest BCUT2D eigenvalue weighted by atomic mass is 35.5. The zero-order valence-electron chi connectivity index (χ0n) is 15.3. The van der Waals surface area contributed by atoms with Gasteiger partial charge in [-0.3, -0.25) is 4.98 Å². The van der Waals surface area contributed by atoms with Crippen LogP contribution in [0.2, 0.25) is 5.02 Å². The van der Waals surface area contributed by atoms with Crippen LogP contribution in [-0.4, -0.2) is 24.9 Å². The Morgan fingerprint density at radius 3 is 2.75 bits per heavy atom. The number of hydrogen-bond acceptors (Lipinski definition) is 7. The number of halogens is 1. The van der Waals surface area contributed by atoms with Crippen LogP contribution >= 0.6 is 11.6 Å². The van der Waals surface area contributed by atoms with Gasteiger partial charge >= 0.3 is 0 Å². The summed E-state index contributed by atoms with van der Waals surface area (Å²) >= 11 is 6.10. The molecule has 0 bridgehead atoms. The minimum Gasteiger partial charge on any atom is -0.484 e. The molecule has 0 amide bonds. The highest BCUT2D eigenvalue weighted by Crippen LogP contribution is 2.37. The van der Waals surface area contributed by atoms with Crippen molar-refractivity contribution in [3.63, 3.8) is 0 Å². The van der Waals surface area contributed by atoms with E-state index in [1.54, 1.807) is 18.6 Å². The number of nitrogens with zero attached hydrogens (tertiary/aromatic N) is 5. The number of ether oxygens (including phenoxy) is 1. The quantitative estimate of drug-likeness (QED) is 0.556. The maximum absolute atomic E-state index is 6.17. The molecule has 0 aliphatic carbocycles. The molecule has 1 atom stereocenters. The molecule has 28 heavy (non-hydrogen) atoms. The predicted octanol–water partition coefficient (Wildman–Crippen LogP) is 4.17. The maximum atomic E-state index is 6.17. The van der Waals surface area contributed by atoms with E-state index in [1.165, 1.54) is 6.33 Å². The minimum atomic E-state index is -0.303. The SMILES string of the molecule is Cc1nccc([C@H](C)Oc2ccc(-c3cncc(Cl)c3)c3ncnc(N)c23)n1. The van der Waals surface area contributed by atoms with Crippen molar-refractivity contribution in [1.82, 2.24) is 24.9 Å². The standard InChI is InChI=1S/C20H17ClN6O/c1-11(16-5-6-24-12(2)27-16)28-17-4-3-15(13-7-14(21)9-23-8-13)19-18(17)20(22)26-10-25-19/h3-11H,1-2H3,(H2,22,25,26)/t11-/m0/s1. The number of anilines is 1. The molecule has 140 valence electrons. The second-order valence-electron chi connectivity index (χ2n) is 6.27. The molecule has 1 aromatic carbocycles. The number of nitrogen functional groups attached to an aromatic ring is 1. The van der Waals surface area contributed by atoms with E-state index in [0.29, 0.717) is 33.3 Å². The lowest BCUT2D eigenvalue weighted by molar-refractivity contribution is 0.224. The molecule has 0 unspecified atom stereocenters. The van der Waals surface area contributed by atoms with E-state index in [1.807, 2.05) is 38.1 Å². The van der Waals surface area contributed by atoms with Crippen LogP contribution < -0.4 is 10.5 Å². The number of hydrogen-bond donors (Lipinski definition) is 1. The lowest BCUT2D eigenvalue weighted by Crippen LogP contribution is -2.08. The maximum Gasteiger partial charge on any atom is 0.138 e. The van der Waals surface area contributed by atoms with Crippen LogP contribution in [0, 0.1) is 6.92 Å². The number of benzene rings is 1. The molecule has 0 saturated heterocycles. The summed E-state index contributed by atoms with van der Waals surface area (Å²) in [5.41, 5.74) is 9.30.